The van der Waals surface area contributed by atoms with Gasteiger partial charge in [0.25, 0.3) is 0 Å². The number of aliphatic hydroxyl groups excluding tert-OH is 1. The molecule has 1 fully saturated rings. The van der Waals surface area contributed by atoms with Crippen LogP contribution >= 0.6 is 0 Å². The second-order valence-corrected chi connectivity index (χ2v) is 5.45. The molecule has 1 aromatic carbocycles. The summed E-state index contributed by atoms with van der Waals surface area (Å²) in [5.41, 5.74) is 0. The minimum Gasteiger partial charge on any atom is -0.490 e. The van der Waals surface area contributed by atoms with Gasteiger partial charge < -0.3 is 14.6 Å². The zero-order valence-corrected chi connectivity index (χ0v) is 13.0. The molecule has 1 aliphatic rings. The van der Waals surface area contributed by atoms with Crippen LogP contribution in [0, 0.1) is 0 Å². The topological polar surface area (TPSA) is 41.9 Å². The Labute approximate surface area is 127 Å². The molecule has 1 heterocycles. The van der Waals surface area contributed by atoms with Gasteiger partial charge in [0, 0.05) is 12.6 Å². The van der Waals surface area contributed by atoms with Crippen LogP contribution in [0.25, 0.3) is 0 Å². The van der Waals surface area contributed by atoms with Gasteiger partial charge in [-0.05, 0) is 38.4 Å². The highest BCUT2D eigenvalue weighted by Crippen LogP contribution is 2.26. The predicted molar refractivity (Wildman–Crippen MR) is 84.0 cm³/mol. The normalized spacial score (nSPS) is 20.0. The van der Waals surface area contributed by atoms with E-state index in [-0.39, 0.29) is 6.61 Å². The van der Waals surface area contributed by atoms with E-state index in [1.54, 1.807) is 0 Å². The molecular weight excluding hydrogens is 266 g/mol. The van der Waals surface area contributed by atoms with Gasteiger partial charge in [0.1, 0.15) is 6.61 Å². The molecule has 1 N–H and O–H groups in total. The van der Waals surface area contributed by atoms with Gasteiger partial charge in [-0.15, -0.1) is 0 Å². The van der Waals surface area contributed by atoms with E-state index in [4.69, 9.17) is 9.47 Å². The van der Waals surface area contributed by atoms with E-state index in [1.807, 2.05) is 31.2 Å². The van der Waals surface area contributed by atoms with Crippen molar-refractivity contribution in [2.75, 3.05) is 32.9 Å². The first-order valence-electron chi connectivity index (χ1n) is 8.04. The van der Waals surface area contributed by atoms with Gasteiger partial charge in [-0.25, -0.2) is 0 Å². The summed E-state index contributed by atoms with van der Waals surface area (Å²) in [7, 11) is 0. The van der Waals surface area contributed by atoms with Crippen molar-refractivity contribution in [2.45, 2.75) is 38.6 Å². The van der Waals surface area contributed by atoms with Crippen molar-refractivity contribution in [3.8, 4) is 11.5 Å². The van der Waals surface area contributed by atoms with Crippen LogP contribution < -0.4 is 9.47 Å². The van der Waals surface area contributed by atoms with Crippen molar-refractivity contribution in [3.05, 3.63) is 24.3 Å². The molecule has 0 spiro atoms. The van der Waals surface area contributed by atoms with Gasteiger partial charge in [-0.2, -0.15) is 0 Å². The Balaban J connectivity index is 1.85. The highest BCUT2D eigenvalue weighted by molar-refractivity contribution is 5.39. The number of para-hydroxylation sites is 2. The van der Waals surface area contributed by atoms with Crippen molar-refractivity contribution in [1.82, 2.24) is 4.90 Å². The van der Waals surface area contributed by atoms with Gasteiger partial charge in [0.2, 0.25) is 0 Å². The molecule has 1 atom stereocenters. The fourth-order valence-electron chi connectivity index (χ4n) is 2.85. The molecule has 1 saturated heterocycles. The molecule has 4 heteroatoms. The van der Waals surface area contributed by atoms with Gasteiger partial charge in [-0.1, -0.05) is 25.0 Å². The smallest absolute Gasteiger partial charge is 0.161 e. The first-order chi connectivity index (χ1) is 10.3. The Morgan fingerprint density at radius 1 is 1.14 bits per heavy atom. The second-order valence-electron chi connectivity index (χ2n) is 5.45. The maximum atomic E-state index is 9.51. The average Bonchev–Trinajstić information content (AvgIpc) is 2.74. The van der Waals surface area contributed by atoms with Gasteiger partial charge in [0.05, 0.1) is 13.2 Å². The van der Waals surface area contributed by atoms with Crippen LogP contribution in [0.2, 0.25) is 0 Å². The highest BCUT2D eigenvalue weighted by atomic mass is 16.5. The molecule has 21 heavy (non-hydrogen) atoms. The van der Waals surface area contributed by atoms with E-state index in [0.29, 0.717) is 19.3 Å². The summed E-state index contributed by atoms with van der Waals surface area (Å²) in [6.07, 6.45) is 4.79. The van der Waals surface area contributed by atoms with Crippen molar-refractivity contribution in [1.29, 1.82) is 0 Å². The molecular formula is C17H27NO3. The first-order valence-corrected chi connectivity index (χ1v) is 8.04. The summed E-state index contributed by atoms with van der Waals surface area (Å²) < 4.78 is 11.4. The number of nitrogens with zero attached hydrogens (tertiary/aromatic N) is 1. The van der Waals surface area contributed by atoms with Crippen LogP contribution in [-0.2, 0) is 0 Å². The molecule has 1 aliphatic heterocycles. The zero-order valence-electron chi connectivity index (χ0n) is 13.0. The number of likely N-dealkylation sites (tertiary alicyclic amines) is 1. The van der Waals surface area contributed by atoms with Crippen LogP contribution in [0.4, 0.5) is 0 Å². The van der Waals surface area contributed by atoms with E-state index >= 15 is 0 Å². The summed E-state index contributed by atoms with van der Waals surface area (Å²) in [6.45, 7) is 5.39. The van der Waals surface area contributed by atoms with Crippen LogP contribution in [0.1, 0.15) is 32.6 Å². The van der Waals surface area contributed by atoms with E-state index in [0.717, 1.165) is 31.0 Å². The Kier molecular flexibility index (Phi) is 6.83. The van der Waals surface area contributed by atoms with Crippen LogP contribution in [0.3, 0.4) is 0 Å². The Bertz CT molecular complexity index is 411. The fraction of sp³-hybridized carbons (Fsp3) is 0.647. The Morgan fingerprint density at radius 2 is 1.90 bits per heavy atom. The third kappa shape index (κ3) is 4.90. The number of benzene rings is 1. The highest BCUT2D eigenvalue weighted by Gasteiger charge is 2.19. The molecule has 0 saturated carbocycles. The summed E-state index contributed by atoms with van der Waals surface area (Å²) in [4.78, 5) is 2.36. The number of ether oxygens (including phenoxy) is 2. The Morgan fingerprint density at radius 3 is 2.62 bits per heavy atom. The lowest BCUT2D eigenvalue weighted by Crippen LogP contribution is -2.40. The predicted octanol–water partition coefficient (Wildman–Crippen LogP) is 2.70. The largest absolute Gasteiger partial charge is 0.490 e. The summed E-state index contributed by atoms with van der Waals surface area (Å²) >= 11 is 0. The molecule has 2 rings (SSSR count). The number of hydrogen-bond donors (Lipinski definition) is 1. The van der Waals surface area contributed by atoms with Gasteiger partial charge in [-0.3, -0.25) is 4.90 Å². The standard InChI is InChI=1S/C17H27NO3/c1-2-20-16-9-5-6-10-17(16)21-13-12-18-11-7-3-4-8-15(18)14-19/h5-6,9-10,15,19H,2-4,7-8,11-14H2,1H3. The molecule has 0 radical (unpaired) electrons. The second kappa shape index (κ2) is 8.90. The van der Waals surface area contributed by atoms with Gasteiger partial charge in [0.15, 0.2) is 11.5 Å². The van der Waals surface area contributed by atoms with E-state index < -0.39 is 0 Å². The lowest BCUT2D eigenvalue weighted by atomic mass is 10.1. The lowest BCUT2D eigenvalue weighted by Gasteiger charge is -2.28. The third-order valence-electron chi connectivity index (χ3n) is 3.99. The SMILES string of the molecule is CCOc1ccccc1OCCN1CCCCCC1CO. The van der Waals surface area contributed by atoms with Crippen molar-refractivity contribution in [2.24, 2.45) is 0 Å². The molecule has 0 amide bonds. The summed E-state index contributed by atoms with van der Waals surface area (Å²) in [6, 6.07) is 8.07. The quantitative estimate of drug-likeness (QED) is 0.839. The van der Waals surface area contributed by atoms with Gasteiger partial charge >= 0.3 is 0 Å². The van der Waals surface area contributed by atoms with Crippen molar-refractivity contribution in [3.63, 3.8) is 0 Å². The van der Waals surface area contributed by atoms with E-state index in [9.17, 15) is 5.11 Å². The zero-order chi connectivity index (χ0) is 14.9. The first kappa shape index (κ1) is 16.1. The molecule has 4 nitrogen and oxygen atoms in total. The summed E-state index contributed by atoms with van der Waals surface area (Å²) in [5, 5.41) is 9.51. The molecule has 1 aromatic rings. The maximum Gasteiger partial charge on any atom is 0.161 e. The van der Waals surface area contributed by atoms with E-state index in [1.165, 1.54) is 19.3 Å². The number of aliphatic hydroxyl groups is 1. The minimum atomic E-state index is 0.246. The molecule has 1 unspecified atom stereocenters. The number of rotatable bonds is 7. The minimum absolute atomic E-state index is 0.246. The number of hydrogen-bond acceptors (Lipinski definition) is 4. The van der Waals surface area contributed by atoms with Crippen LogP contribution in [-0.4, -0.2) is 49.0 Å². The molecule has 0 bridgehead atoms. The van der Waals surface area contributed by atoms with Crippen LogP contribution in [0.5, 0.6) is 11.5 Å². The maximum absolute atomic E-state index is 9.51. The molecule has 118 valence electrons. The lowest BCUT2D eigenvalue weighted by molar-refractivity contribution is 0.107. The third-order valence-corrected chi connectivity index (χ3v) is 3.99. The summed E-state index contributed by atoms with van der Waals surface area (Å²) in [5.74, 6) is 1.60. The molecule has 0 aromatic heterocycles. The van der Waals surface area contributed by atoms with Crippen molar-refractivity contribution < 1.29 is 14.6 Å². The monoisotopic (exact) mass is 293 g/mol. The van der Waals surface area contributed by atoms with E-state index in [2.05, 4.69) is 4.90 Å². The van der Waals surface area contributed by atoms with Crippen molar-refractivity contribution >= 4 is 0 Å². The average molecular weight is 293 g/mol. The van der Waals surface area contributed by atoms with Crippen LogP contribution in [0.15, 0.2) is 24.3 Å². The fourth-order valence-corrected chi connectivity index (χ4v) is 2.85. The Hall–Kier alpha value is -1.26. The molecule has 0 aliphatic carbocycles.